The summed E-state index contributed by atoms with van der Waals surface area (Å²) in [4.78, 5) is 24.6. The molecule has 0 saturated heterocycles. The summed E-state index contributed by atoms with van der Waals surface area (Å²) in [5.74, 6) is 0.963. The Labute approximate surface area is 157 Å². The largest absolute Gasteiger partial charge is 0.486 e. The fourth-order valence-electron chi connectivity index (χ4n) is 2.81. The predicted octanol–water partition coefficient (Wildman–Crippen LogP) is 2.40. The van der Waals surface area contributed by atoms with Gasteiger partial charge in [-0.3, -0.25) is 9.59 Å². The Bertz CT molecular complexity index is 864. The first-order valence-corrected chi connectivity index (χ1v) is 9.02. The zero-order valence-corrected chi connectivity index (χ0v) is 14.8. The Morgan fingerprint density at radius 3 is 2.59 bits per heavy atom. The van der Waals surface area contributed by atoms with Gasteiger partial charge in [-0.25, -0.2) is 0 Å². The molecule has 4 rings (SSSR count). The average Bonchev–Trinajstić information content (AvgIpc) is 3.50. The highest BCUT2D eigenvalue weighted by Gasteiger charge is 2.25. The van der Waals surface area contributed by atoms with Gasteiger partial charge in [-0.1, -0.05) is 12.1 Å². The molecule has 2 aromatic rings. The van der Waals surface area contributed by atoms with E-state index in [0.29, 0.717) is 36.0 Å². The minimum Gasteiger partial charge on any atom is -0.486 e. The predicted molar refractivity (Wildman–Crippen MR) is 101 cm³/mol. The van der Waals surface area contributed by atoms with Crippen LogP contribution in [0.15, 0.2) is 42.5 Å². The number of hydrogen-bond donors (Lipinski definition) is 3. The van der Waals surface area contributed by atoms with E-state index in [0.717, 1.165) is 18.5 Å². The van der Waals surface area contributed by atoms with Crippen molar-refractivity contribution < 1.29 is 19.1 Å². The maximum atomic E-state index is 12.3. The number of nitrogens with one attached hydrogen (secondary N) is 3. The molecule has 7 heteroatoms. The molecule has 27 heavy (non-hydrogen) atoms. The van der Waals surface area contributed by atoms with E-state index in [1.165, 1.54) is 0 Å². The van der Waals surface area contributed by atoms with Crippen molar-refractivity contribution in [1.29, 1.82) is 0 Å². The number of anilines is 2. The van der Waals surface area contributed by atoms with Crippen LogP contribution in [-0.2, 0) is 4.79 Å². The molecular formula is C20H21N3O4. The maximum Gasteiger partial charge on any atom is 0.253 e. The van der Waals surface area contributed by atoms with Crippen LogP contribution in [0.1, 0.15) is 23.2 Å². The van der Waals surface area contributed by atoms with Crippen LogP contribution in [-0.4, -0.2) is 37.6 Å². The van der Waals surface area contributed by atoms with E-state index in [1.54, 1.807) is 30.3 Å². The first-order valence-electron chi connectivity index (χ1n) is 9.02. The number of carbonyl (C=O) groups is 2. The lowest BCUT2D eigenvalue weighted by Gasteiger charge is -2.19. The van der Waals surface area contributed by atoms with Crippen molar-refractivity contribution in [3.05, 3.63) is 48.0 Å². The highest BCUT2D eigenvalue weighted by atomic mass is 16.6. The Morgan fingerprint density at radius 1 is 1.00 bits per heavy atom. The van der Waals surface area contributed by atoms with Gasteiger partial charge in [0.2, 0.25) is 5.91 Å². The third-order valence-electron chi connectivity index (χ3n) is 4.35. The number of fused-ring (bicyclic) bond motifs is 1. The van der Waals surface area contributed by atoms with Crippen LogP contribution >= 0.6 is 0 Å². The van der Waals surface area contributed by atoms with Crippen LogP contribution in [0.5, 0.6) is 11.5 Å². The monoisotopic (exact) mass is 367 g/mol. The summed E-state index contributed by atoms with van der Waals surface area (Å²) >= 11 is 0. The number of benzene rings is 2. The Hall–Kier alpha value is -3.22. The fraction of sp³-hybridized carbons (Fsp3) is 0.300. The first-order chi connectivity index (χ1) is 13.2. The molecule has 0 bridgehead atoms. The van der Waals surface area contributed by atoms with Gasteiger partial charge < -0.3 is 25.4 Å². The molecule has 1 aliphatic carbocycles. The standard InChI is InChI=1S/C20H21N3O4/c24-19(12-21-14-7-8-17-18(11-14)27-10-9-26-17)23-16-4-2-1-3-15(16)20(25)22-13-5-6-13/h1-4,7-8,11,13,21H,5-6,9-10,12H2,(H,22,25)(H,23,24). The molecule has 0 unspecified atom stereocenters. The lowest BCUT2D eigenvalue weighted by Crippen LogP contribution is -2.28. The lowest BCUT2D eigenvalue weighted by atomic mass is 10.1. The third kappa shape index (κ3) is 4.31. The van der Waals surface area contributed by atoms with E-state index >= 15 is 0 Å². The zero-order valence-electron chi connectivity index (χ0n) is 14.8. The molecular weight excluding hydrogens is 346 g/mol. The second-order valence-electron chi connectivity index (χ2n) is 6.55. The summed E-state index contributed by atoms with van der Waals surface area (Å²) in [6, 6.07) is 12.7. The summed E-state index contributed by atoms with van der Waals surface area (Å²) in [6.45, 7) is 1.12. The summed E-state index contributed by atoms with van der Waals surface area (Å²) in [5.41, 5.74) is 1.73. The highest BCUT2D eigenvalue weighted by molar-refractivity contribution is 6.04. The van der Waals surface area contributed by atoms with Crippen molar-refractivity contribution in [2.75, 3.05) is 30.4 Å². The first kappa shape index (κ1) is 17.2. The second-order valence-corrected chi connectivity index (χ2v) is 6.55. The van der Waals surface area contributed by atoms with Crippen molar-refractivity contribution in [3.8, 4) is 11.5 Å². The SMILES string of the molecule is O=C(CNc1ccc2c(c1)OCCO2)Nc1ccccc1C(=O)NC1CC1. The molecule has 1 aliphatic heterocycles. The molecule has 2 amide bonds. The van der Waals surface area contributed by atoms with Gasteiger partial charge in [-0.05, 0) is 37.1 Å². The normalized spacial score (nSPS) is 15.0. The molecule has 0 radical (unpaired) electrons. The Balaban J connectivity index is 1.36. The van der Waals surface area contributed by atoms with E-state index in [2.05, 4.69) is 16.0 Å². The van der Waals surface area contributed by atoms with E-state index in [-0.39, 0.29) is 24.4 Å². The molecule has 2 aromatic carbocycles. The van der Waals surface area contributed by atoms with Crippen molar-refractivity contribution in [2.45, 2.75) is 18.9 Å². The molecule has 3 N–H and O–H groups in total. The van der Waals surface area contributed by atoms with Crippen LogP contribution < -0.4 is 25.4 Å². The molecule has 1 fully saturated rings. The van der Waals surface area contributed by atoms with E-state index in [4.69, 9.17) is 9.47 Å². The van der Waals surface area contributed by atoms with E-state index < -0.39 is 0 Å². The molecule has 140 valence electrons. The number of para-hydroxylation sites is 1. The van der Waals surface area contributed by atoms with Gasteiger partial charge in [0.15, 0.2) is 11.5 Å². The summed E-state index contributed by atoms with van der Waals surface area (Å²) < 4.78 is 11.0. The van der Waals surface area contributed by atoms with Gasteiger partial charge in [0.05, 0.1) is 17.8 Å². The second kappa shape index (κ2) is 7.57. The van der Waals surface area contributed by atoms with Gasteiger partial charge in [0, 0.05) is 17.8 Å². The summed E-state index contributed by atoms with van der Waals surface area (Å²) in [6.07, 6.45) is 2.03. The minimum atomic E-state index is -0.239. The number of carbonyl (C=O) groups excluding carboxylic acids is 2. The van der Waals surface area contributed by atoms with Crippen LogP contribution in [0.25, 0.3) is 0 Å². The molecule has 7 nitrogen and oxygen atoms in total. The topological polar surface area (TPSA) is 88.7 Å². The van der Waals surface area contributed by atoms with Gasteiger partial charge in [0.1, 0.15) is 13.2 Å². The van der Waals surface area contributed by atoms with Gasteiger partial charge in [0.25, 0.3) is 5.91 Å². The smallest absolute Gasteiger partial charge is 0.253 e. The van der Waals surface area contributed by atoms with Crippen molar-refractivity contribution in [3.63, 3.8) is 0 Å². The lowest BCUT2D eigenvalue weighted by molar-refractivity contribution is -0.114. The van der Waals surface area contributed by atoms with Crippen LogP contribution in [0, 0.1) is 0 Å². The van der Waals surface area contributed by atoms with Gasteiger partial charge >= 0.3 is 0 Å². The maximum absolute atomic E-state index is 12.3. The molecule has 2 aliphatic rings. The minimum absolute atomic E-state index is 0.0677. The van der Waals surface area contributed by atoms with Crippen molar-refractivity contribution >= 4 is 23.2 Å². The van der Waals surface area contributed by atoms with E-state index in [9.17, 15) is 9.59 Å². The Kier molecular flexibility index (Phi) is 4.82. The number of amides is 2. The summed E-state index contributed by atoms with van der Waals surface area (Å²) in [5, 5.41) is 8.80. The van der Waals surface area contributed by atoms with Crippen LogP contribution in [0.3, 0.4) is 0 Å². The van der Waals surface area contributed by atoms with Crippen molar-refractivity contribution in [1.82, 2.24) is 5.32 Å². The van der Waals surface area contributed by atoms with Crippen LogP contribution in [0.4, 0.5) is 11.4 Å². The Morgan fingerprint density at radius 2 is 1.78 bits per heavy atom. The van der Waals surface area contributed by atoms with Crippen LogP contribution in [0.2, 0.25) is 0 Å². The average molecular weight is 367 g/mol. The molecule has 1 saturated carbocycles. The van der Waals surface area contributed by atoms with E-state index in [1.807, 2.05) is 12.1 Å². The summed E-state index contributed by atoms with van der Waals surface area (Å²) in [7, 11) is 0. The number of ether oxygens (including phenoxy) is 2. The molecule has 1 heterocycles. The fourth-order valence-corrected chi connectivity index (χ4v) is 2.81. The number of rotatable bonds is 6. The molecule has 0 aromatic heterocycles. The van der Waals surface area contributed by atoms with Gasteiger partial charge in [-0.15, -0.1) is 0 Å². The molecule has 0 spiro atoms. The number of hydrogen-bond acceptors (Lipinski definition) is 5. The third-order valence-corrected chi connectivity index (χ3v) is 4.35. The molecule has 0 atom stereocenters. The van der Waals surface area contributed by atoms with Crippen molar-refractivity contribution in [2.24, 2.45) is 0 Å². The quantitative estimate of drug-likeness (QED) is 0.730. The zero-order chi connectivity index (χ0) is 18.6. The highest BCUT2D eigenvalue weighted by Crippen LogP contribution is 2.32. The van der Waals surface area contributed by atoms with Gasteiger partial charge in [-0.2, -0.15) is 0 Å².